The molecular formula is C35H41N3O5. The van der Waals surface area contributed by atoms with E-state index in [9.17, 15) is 14.7 Å². The van der Waals surface area contributed by atoms with E-state index in [1.165, 1.54) is 16.1 Å². The first-order valence-electron chi connectivity index (χ1n) is 15.5. The molecule has 1 saturated carbocycles. The van der Waals surface area contributed by atoms with E-state index in [4.69, 9.17) is 15.3 Å². The smallest absolute Gasteiger partial charge is 0.303 e. The standard InChI is InChI=1S/C35H41N3O5/c1-42-29-12-13-31(35(41)38(36)28-11-10-24-4-2-5-26(24)18-28)33(20-29)37-16-14-23(15-17-37)22-43-30-7-3-6-27(19-30)32(21-34(39)40)25-8-9-25/h3,6-7,10-13,18-20,23,25,32H,2,4-5,8-9,14-17,21-22,36H2,1H3,(H,39,40). The Balaban J connectivity index is 1.10. The molecule has 8 heteroatoms. The number of nitrogens with zero attached hydrogens (tertiary/aromatic N) is 2. The summed E-state index contributed by atoms with van der Waals surface area (Å²) in [7, 11) is 1.63. The number of carbonyl (C=O) groups excluding carboxylic acids is 1. The van der Waals surface area contributed by atoms with Crippen molar-refractivity contribution in [3.05, 3.63) is 82.9 Å². The highest BCUT2D eigenvalue weighted by molar-refractivity contribution is 6.09. The first-order chi connectivity index (χ1) is 20.9. The number of carbonyl (C=O) groups is 2. The molecule has 3 aromatic carbocycles. The fourth-order valence-corrected chi connectivity index (χ4v) is 6.67. The summed E-state index contributed by atoms with van der Waals surface area (Å²) in [5.74, 6) is 7.80. The largest absolute Gasteiger partial charge is 0.497 e. The predicted molar refractivity (Wildman–Crippen MR) is 167 cm³/mol. The summed E-state index contributed by atoms with van der Waals surface area (Å²) in [6.07, 6.45) is 7.44. The van der Waals surface area contributed by atoms with E-state index in [0.29, 0.717) is 35.4 Å². The first-order valence-corrected chi connectivity index (χ1v) is 15.5. The Hall–Kier alpha value is -4.04. The van der Waals surface area contributed by atoms with Gasteiger partial charge in [0.1, 0.15) is 11.5 Å². The molecule has 8 nitrogen and oxygen atoms in total. The van der Waals surface area contributed by atoms with Gasteiger partial charge in [0, 0.05) is 19.2 Å². The van der Waals surface area contributed by atoms with E-state index in [0.717, 1.165) is 75.0 Å². The topological polar surface area (TPSA) is 105 Å². The summed E-state index contributed by atoms with van der Waals surface area (Å²) < 4.78 is 11.7. The average Bonchev–Trinajstić information content (AvgIpc) is 3.77. The quantitative estimate of drug-likeness (QED) is 0.163. The van der Waals surface area contributed by atoms with Crippen molar-refractivity contribution in [2.24, 2.45) is 17.7 Å². The molecule has 43 heavy (non-hydrogen) atoms. The number of hydrogen-bond donors (Lipinski definition) is 2. The van der Waals surface area contributed by atoms with Gasteiger partial charge in [0.2, 0.25) is 0 Å². The van der Waals surface area contributed by atoms with Crippen LogP contribution < -0.4 is 25.2 Å². The Bertz CT molecular complexity index is 1480. The number of piperidine rings is 1. The molecule has 1 saturated heterocycles. The average molecular weight is 584 g/mol. The maximum Gasteiger partial charge on any atom is 0.303 e. The molecule has 1 aliphatic heterocycles. The summed E-state index contributed by atoms with van der Waals surface area (Å²) >= 11 is 0. The normalized spacial score (nSPS) is 17.3. The minimum absolute atomic E-state index is 0.0520. The Morgan fingerprint density at radius 2 is 1.77 bits per heavy atom. The van der Waals surface area contributed by atoms with Crippen LogP contribution in [0.2, 0.25) is 0 Å². The zero-order chi connectivity index (χ0) is 29.9. The molecule has 6 rings (SSSR count). The van der Waals surface area contributed by atoms with Crippen molar-refractivity contribution < 1.29 is 24.2 Å². The van der Waals surface area contributed by atoms with Crippen LogP contribution >= 0.6 is 0 Å². The second-order valence-electron chi connectivity index (χ2n) is 12.2. The summed E-state index contributed by atoms with van der Waals surface area (Å²) in [5.41, 5.74) is 5.77. The number of nitrogens with two attached hydrogens (primary N) is 1. The fraction of sp³-hybridized carbons (Fsp3) is 0.429. The molecule has 3 aromatic rings. The van der Waals surface area contributed by atoms with Gasteiger partial charge >= 0.3 is 5.97 Å². The van der Waals surface area contributed by atoms with Gasteiger partial charge in [-0.2, -0.15) is 0 Å². The number of carboxylic acids is 1. The van der Waals surface area contributed by atoms with Crippen molar-refractivity contribution in [1.82, 2.24) is 0 Å². The predicted octanol–water partition coefficient (Wildman–Crippen LogP) is 5.97. The van der Waals surface area contributed by atoms with Gasteiger partial charge in [-0.25, -0.2) is 10.9 Å². The van der Waals surface area contributed by atoms with E-state index in [2.05, 4.69) is 11.0 Å². The number of anilines is 2. The van der Waals surface area contributed by atoms with Crippen LogP contribution in [0.25, 0.3) is 0 Å². The molecule has 1 heterocycles. The van der Waals surface area contributed by atoms with Gasteiger partial charge in [-0.05, 0) is 116 Å². The lowest BCUT2D eigenvalue weighted by molar-refractivity contribution is -0.137. The number of hydrogen-bond acceptors (Lipinski definition) is 6. The number of aryl methyl sites for hydroxylation is 2. The summed E-state index contributed by atoms with van der Waals surface area (Å²) in [6.45, 7) is 2.17. The van der Waals surface area contributed by atoms with Gasteiger partial charge in [-0.1, -0.05) is 18.2 Å². The Kier molecular flexibility index (Phi) is 8.56. The molecule has 0 bridgehead atoms. The van der Waals surface area contributed by atoms with Crippen LogP contribution in [0.1, 0.15) is 71.5 Å². The van der Waals surface area contributed by atoms with Gasteiger partial charge in [-0.3, -0.25) is 9.59 Å². The number of methoxy groups -OCH3 is 1. The second-order valence-corrected chi connectivity index (χ2v) is 12.2. The highest BCUT2D eigenvalue weighted by Gasteiger charge is 2.34. The fourth-order valence-electron chi connectivity index (χ4n) is 6.67. The third kappa shape index (κ3) is 6.64. The van der Waals surface area contributed by atoms with Crippen molar-refractivity contribution in [3.8, 4) is 11.5 Å². The molecule has 2 fully saturated rings. The SMILES string of the molecule is COc1ccc(C(=O)N(N)c2ccc3c(c2)CCC3)c(N2CCC(COc3cccc(C(CC(=O)O)C4CC4)c3)CC2)c1. The Labute approximate surface area is 253 Å². The zero-order valence-corrected chi connectivity index (χ0v) is 24.8. The van der Waals surface area contributed by atoms with E-state index in [1.807, 2.05) is 54.6 Å². The molecule has 3 N–H and O–H groups in total. The summed E-state index contributed by atoms with van der Waals surface area (Å²) in [5, 5.41) is 10.7. The van der Waals surface area contributed by atoms with Gasteiger partial charge in [0.05, 0.1) is 37.1 Å². The monoisotopic (exact) mass is 583 g/mol. The minimum atomic E-state index is -0.752. The molecule has 3 aliphatic rings. The molecule has 0 aromatic heterocycles. The number of aliphatic carboxylic acids is 1. The maximum atomic E-state index is 13.7. The van der Waals surface area contributed by atoms with E-state index in [1.54, 1.807) is 7.11 Å². The molecule has 1 unspecified atom stereocenters. The number of amides is 1. The van der Waals surface area contributed by atoms with Gasteiger partial charge in [0.15, 0.2) is 0 Å². The lowest BCUT2D eigenvalue weighted by Gasteiger charge is -2.35. The zero-order valence-electron chi connectivity index (χ0n) is 24.8. The van der Waals surface area contributed by atoms with Gasteiger partial charge < -0.3 is 19.5 Å². The summed E-state index contributed by atoms with van der Waals surface area (Å²) in [4.78, 5) is 27.4. The lowest BCUT2D eigenvalue weighted by atomic mass is 9.91. The van der Waals surface area contributed by atoms with Crippen LogP contribution in [0.15, 0.2) is 60.7 Å². The van der Waals surface area contributed by atoms with Crippen LogP contribution in [0.5, 0.6) is 11.5 Å². The van der Waals surface area contributed by atoms with Crippen molar-refractivity contribution >= 4 is 23.3 Å². The molecule has 2 aliphatic carbocycles. The van der Waals surface area contributed by atoms with Crippen molar-refractivity contribution in [3.63, 3.8) is 0 Å². The minimum Gasteiger partial charge on any atom is -0.497 e. The number of benzene rings is 3. The van der Waals surface area contributed by atoms with Gasteiger partial charge in [-0.15, -0.1) is 0 Å². The van der Waals surface area contributed by atoms with Crippen LogP contribution in [-0.2, 0) is 17.6 Å². The molecule has 1 amide bonds. The van der Waals surface area contributed by atoms with Crippen LogP contribution in [0.3, 0.4) is 0 Å². The maximum absolute atomic E-state index is 13.7. The number of rotatable bonds is 11. The second kappa shape index (κ2) is 12.7. The van der Waals surface area contributed by atoms with Crippen molar-refractivity contribution in [1.29, 1.82) is 0 Å². The molecular weight excluding hydrogens is 542 g/mol. The Morgan fingerprint density at radius 1 is 0.977 bits per heavy atom. The molecule has 226 valence electrons. The van der Waals surface area contributed by atoms with Crippen molar-refractivity contribution in [2.45, 2.75) is 57.3 Å². The van der Waals surface area contributed by atoms with E-state index in [-0.39, 0.29) is 18.2 Å². The number of ether oxygens (including phenoxy) is 2. The lowest BCUT2D eigenvalue weighted by Crippen LogP contribution is -2.40. The molecule has 0 radical (unpaired) electrons. The first kappa shape index (κ1) is 29.1. The number of hydrazine groups is 1. The molecule has 0 spiro atoms. The molecule has 1 atom stereocenters. The summed E-state index contributed by atoms with van der Waals surface area (Å²) in [6, 6.07) is 19.6. The van der Waals surface area contributed by atoms with Gasteiger partial charge in [0.25, 0.3) is 5.91 Å². The van der Waals surface area contributed by atoms with Crippen molar-refractivity contribution in [2.75, 3.05) is 36.7 Å². The van der Waals surface area contributed by atoms with Crippen LogP contribution in [0.4, 0.5) is 11.4 Å². The third-order valence-electron chi connectivity index (χ3n) is 9.33. The number of carboxylic acid groups (broad SMARTS) is 1. The van der Waals surface area contributed by atoms with Crippen LogP contribution in [0, 0.1) is 11.8 Å². The Morgan fingerprint density at radius 3 is 2.51 bits per heavy atom. The van der Waals surface area contributed by atoms with E-state index < -0.39 is 5.97 Å². The third-order valence-corrected chi connectivity index (χ3v) is 9.33. The van der Waals surface area contributed by atoms with E-state index >= 15 is 0 Å². The van der Waals surface area contributed by atoms with Crippen LogP contribution in [-0.4, -0.2) is 43.8 Å². The highest BCUT2D eigenvalue weighted by atomic mass is 16.5. The highest BCUT2D eigenvalue weighted by Crippen LogP contribution is 2.45. The number of fused-ring (bicyclic) bond motifs is 1.